The minimum absolute atomic E-state index is 0.0363. The summed E-state index contributed by atoms with van der Waals surface area (Å²) in [5.74, 6) is -2.93. The Labute approximate surface area is 175 Å². The van der Waals surface area contributed by atoms with Crippen molar-refractivity contribution < 1.29 is 26.7 Å². The van der Waals surface area contributed by atoms with Gasteiger partial charge in [-0.25, -0.2) is 27.3 Å². The zero-order chi connectivity index (χ0) is 21.8. The molecule has 7 nitrogen and oxygen atoms in total. The number of ether oxygens (including phenoxy) is 2. The van der Waals surface area contributed by atoms with E-state index in [9.17, 15) is 17.2 Å². The first-order valence-electron chi connectivity index (χ1n) is 9.26. The Morgan fingerprint density at radius 2 is 1.81 bits per heavy atom. The molecule has 1 aliphatic rings. The number of sulfonamides is 1. The van der Waals surface area contributed by atoms with E-state index < -0.39 is 32.3 Å². The van der Waals surface area contributed by atoms with Gasteiger partial charge in [-0.2, -0.15) is 0 Å². The molecule has 3 heterocycles. The summed E-state index contributed by atoms with van der Waals surface area (Å²) in [6.45, 7) is 1.31. The lowest BCUT2D eigenvalue weighted by atomic mass is 9.95. The molecule has 1 aliphatic heterocycles. The second-order valence-corrected chi connectivity index (χ2v) is 8.77. The lowest BCUT2D eigenvalue weighted by Crippen LogP contribution is -2.24. The average molecular weight is 443 g/mol. The molecule has 2 aromatic carbocycles. The van der Waals surface area contributed by atoms with Gasteiger partial charge in [0.15, 0.2) is 11.6 Å². The van der Waals surface area contributed by atoms with Crippen LogP contribution >= 0.6 is 0 Å². The number of pyridine rings is 2. The molecule has 0 atom stereocenters. The summed E-state index contributed by atoms with van der Waals surface area (Å²) in [4.78, 5) is 7.93. The van der Waals surface area contributed by atoms with Crippen LogP contribution in [-0.4, -0.2) is 31.6 Å². The van der Waals surface area contributed by atoms with Crippen molar-refractivity contribution in [2.24, 2.45) is 5.14 Å². The molecular weight excluding hydrogens is 428 g/mol. The number of halogens is 2. The smallest absolute Gasteiger partial charge is 0.238 e. The highest BCUT2D eigenvalue weighted by Crippen LogP contribution is 2.36. The third-order valence-corrected chi connectivity index (χ3v) is 6.08. The zero-order valence-corrected chi connectivity index (χ0v) is 16.7. The number of fused-ring (bicyclic) bond motifs is 3. The van der Waals surface area contributed by atoms with Crippen molar-refractivity contribution in [1.29, 1.82) is 0 Å². The third kappa shape index (κ3) is 3.48. The van der Waals surface area contributed by atoms with Crippen LogP contribution in [0.2, 0.25) is 0 Å². The Hall–Kier alpha value is -3.21. The van der Waals surface area contributed by atoms with Gasteiger partial charge < -0.3 is 9.47 Å². The van der Waals surface area contributed by atoms with Crippen molar-refractivity contribution >= 4 is 31.7 Å². The lowest BCUT2D eigenvalue weighted by Gasteiger charge is -2.26. The molecule has 4 aromatic rings. The lowest BCUT2D eigenvalue weighted by molar-refractivity contribution is 0.00847. The summed E-state index contributed by atoms with van der Waals surface area (Å²) in [7, 11) is -4.28. The van der Waals surface area contributed by atoms with Crippen LogP contribution in [0, 0.1) is 11.6 Å². The van der Waals surface area contributed by atoms with Crippen molar-refractivity contribution in [3.05, 3.63) is 66.0 Å². The molecule has 31 heavy (non-hydrogen) atoms. The van der Waals surface area contributed by atoms with E-state index in [4.69, 9.17) is 14.6 Å². The maximum atomic E-state index is 14.5. The normalized spacial score (nSPS) is 14.7. The molecule has 0 bridgehead atoms. The Bertz CT molecular complexity index is 1430. The fourth-order valence-electron chi connectivity index (χ4n) is 3.50. The predicted octanol–water partition coefficient (Wildman–Crippen LogP) is 3.61. The van der Waals surface area contributed by atoms with Gasteiger partial charge in [0.2, 0.25) is 21.7 Å². The Morgan fingerprint density at radius 1 is 1.06 bits per heavy atom. The molecule has 1 saturated heterocycles. The molecule has 0 spiro atoms. The number of rotatable bonds is 4. The van der Waals surface area contributed by atoms with Crippen LogP contribution in [0.15, 0.2) is 53.7 Å². The van der Waals surface area contributed by atoms with E-state index in [1.54, 1.807) is 12.3 Å². The Morgan fingerprint density at radius 3 is 2.45 bits per heavy atom. The number of aromatic nitrogens is 2. The van der Waals surface area contributed by atoms with Crippen LogP contribution in [0.1, 0.15) is 11.5 Å². The molecular formula is C21H15F2N3O4S. The number of benzene rings is 2. The first-order valence-corrected chi connectivity index (χ1v) is 10.8. The third-order valence-electron chi connectivity index (χ3n) is 5.19. The van der Waals surface area contributed by atoms with E-state index in [1.165, 1.54) is 6.20 Å². The van der Waals surface area contributed by atoms with Crippen molar-refractivity contribution in [1.82, 2.24) is 9.97 Å². The van der Waals surface area contributed by atoms with Crippen molar-refractivity contribution in [3.63, 3.8) is 0 Å². The van der Waals surface area contributed by atoms with Gasteiger partial charge in [-0.05, 0) is 29.8 Å². The quantitative estimate of drug-likeness (QED) is 0.483. The molecule has 5 rings (SSSR count). The molecule has 10 heteroatoms. The van der Waals surface area contributed by atoms with Crippen molar-refractivity contribution in [3.8, 4) is 11.6 Å². The van der Waals surface area contributed by atoms with Crippen LogP contribution in [0.4, 0.5) is 8.78 Å². The number of primary sulfonamides is 1. The van der Waals surface area contributed by atoms with Crippen molar-refractivity contribution in [2.45, 2.75) is 10.8 Å². The van der Waals surface area contributed by atoms with Crippen LogP contribution < -0.4 is 9.88 Å². The fraction of sp³-hybridized carbons (Fsp3) is 0.143. The number of nitrogens with two attached hydrogens (primary N) is 1. The highest BCUT2D eigenvalue weighted by atomic mass is 32.2. The summed E-state index contributed by atoms with van der Waals surface area (Å²) in [5.41, 5.74) is 1.77. The molecule has 2 N–H and O–H groups in total. The minimum Gasteiger partial charge on any atom is -0.432 e. The topological polar surface area (TPSA) is 104 Å². The van der Waals surface area contributed by atoms with E-state index in [-0.39, 0.29) is 5.88 Å². The SMILES string of the molecule is NS(=O)(=O)c1cc(F)c(Oc2nccc3cnc4cc(C5COC5)ccc4c23)c(F)c1. The fourth-order valence-corrected chi connectivity index (χ4v) is 4.03. The summed E-state index contributed by atoms with van der Waals surface area (Å²) in [5, 5.41) is 6.84. The van der Waals surface area contributed by atoms with Crippen LogP contribution in [0.3, 0.4) is 0 Å². The first kappa shape index (κ1) is 19.7. The Balaban J connectivity index is 1.64. The van der Waals surface area contributed by atoms with Crippen LogP contribution in [0.5, 0.6) is 11.6 Å². The predicted molar refractivity (Wildman–Crippen MR) is 108 cm³/mol. The standard InChI is InChI=1S/C21H15F2N3O4S/c22-16-6-14(31(24,27)28)7-17(23)20(16)30-21-19-12(3-4-25-21)8-26-18-5-11(1-2-15(18)19)13-9-29-10-13/h1-8,13H,9-10H2,(H2,24,27,28). The second-order valence-electron chi connectivity index (χ2n) is 7.21. The van der Waals surface area contributed by atoms with Crippen LogP contribution in [-0.2, 0) is 14.8 Å². The van der Waals surface area contributed by atoms with Gasteiger partial charge in [0.25, 0.3) is 0 Å². The van der Waals surface area contributed by atoms with E-state index in [0.717, 1.165) is 5.56 Å². The van der Waals surface area contributed by atoms with E-state index in [0.29, 0.717) is 52.9 Å². The summed E-state index contributed by atoms with van der Waals surface area (Å²) in [6.07, 6.45) is 3.06. The molecule has 0 unspecified atom stereocenters. The Kier molecular flexibility index (Phi) is 4.58. The van der Waals surface area contributed by atoms with E-state index in [1.807, 2.05) is 18.2 Å². The maximum absolute atomic E-state index is 14.5. The van der Waals surface area contributed by atoms with Gasteiger partial charge in [-0.3, -0.25) is 4.98 Å². The number of hydrogen-bond acceptors (Lipinski definition) is 6. The van der Waals surface area contributed by atoms with Gasteiger partial charge in [-0.1, -0.05) is 12.1 Å². The summed E-state index contributed by atoms with van der Waals surface area (Å²) in [6, 6.07) is 8.68. The van der Waals surface area contributed by atoms with Crippen LogP contribution in [0.25, 0.3) is 21.7 Å². The molecule has 2 aromatic heterocycles. The van der Waals surface area contributed by atoms with E-state index >= 15 is 0 Å². The highest BCUT2D eigenvalue weighted by Gasteiger charge is 2.23. The van der Waals surface area contributed by atoms with Gasteiger partial charge in [0, 0.05) is 29.1 Å². The molecule has 1 fully saturated rings. The van der Waals surface area contributed by atoms with Gasteiger partial charge in [-0.15, -0.1) is 0 Å². The van der Waals surface area contributed by atoms with E-state index in [2.05, 4.69) is 9.97 Å². The molecule has 0 aliphatic carbocycles. The highest BCUT2D eigenvalue weighted by molar-refractivity contribution is 7.89. The monoisotopic (exact) mass is 443 g/mol. The maximum Gasteiger partial charge on any atom is 0.238 e. The zero-order valence-electron chi connectivity index (χ0n) is 15.9. The summed E-state index contributed by atoms with van der Waals surface area (Å²) < 4.78 is 62.5. The molecule has 158 valence electrons. The number of nitrogens with zero attached hydrogens (tertiary/aromatic N) is 2. The summed E-state index contributed by atoms with van der Waals surface area (Å²) >= 11 is 0. The minimum atomic E-state index is -4.28. The van der Waals surface area contributed by atoms with Gasteiger partial charge >= 0.3 is 0 Å². The van der Waals surface area contributed by atoms with Crippen molar-refractivity contribution in [2.75, 3.05) is 13.2 Å². The van der Waals surface area contributed by atoms with Gasteiger partial charge in [0.1, 0.15) is 0 Å². The average Bonchev–Trinajstić information content (AvgIpc) is 2.68. The second kappa shape index (κ2) is 7.19. The number of hydrogen-bond donors (Lipinski definition) is 1. The molecule has 0 radical (unpaired) electrons. The first-order chi connectivity index (χ1) is 14.8. The largest absolute Gasteiger partial charge is 0.432 e. The van der Waals surface area contributed by atoms with Gasteiger partial charge in [0.05, 0.1) is 29.0 Å². The molecule has 0 saturated carbocycles. The molecule has 0 amide bonds.